The molecule has 0 aromatic heterocycles. The molecule has 1 rings (SSSR count). The van der Waals surface area contributed by atoms with Crippen LogP contribution < -0.4 is 21.7 Å². The van der Waals surface area contributed by atoms with Crippen LogP contribution in [0.2, 0.25) is 0 Å². The van der Waals surface area contributed by atoms with Crippen LogP contribution in [0, 0.1) is 5.92 Å². The zero-order valence-corrected chi connectivity index (χ0v) is 20.3. The molecule has 3 amide bonds. The van der Waals surface area contributed by atoms with Crippen LogP contribution in [-0.2, 0) is 30.4 Å². The smallest absolute Gasteiger partial charge is 0.326 e. The van der Waals surface area contributed by atoms with Gasteiger partial charge in [-0.05, 0) is 23.6 Å². The van der Waals surface area contributed by atoms with Gasteiger partial charge in [0.2, 0.25) is 17.7 Å². The summed E-state index contributed by atoms with van der Waals surface area (Å²) in [5, 5.41) is 34.9. The quantitative estimate of drug-likeness (QED) is 0.147. The number of thiol groups is 1. The molecule has 5 unspecified atom stereocenters. The van der Waals surface area contributed by atoms with Crippen LogP contribution in [0.25, 0.3) is 0 Å². The van der Waals surface area contributed by atoms with E-state index in [0.29, 0.717) is 12.0 Å². The van der Waals surface area contributed by atoms with Gasteiger partial charge in [-0.2, -0.15) is 12.6 Å². The number of phenols is 1. The molecule has 13 heteroatoms. The summed E-state index contributed by atoms with van der Waals surface area (Å²) in [6.07, 6.45) is -0.467. The van der Waals surface area contributed by atoms with E-state index < -0.39 is 60.2 Å². The van der Waals surface area contributed by atoms with Crippen LogP contribution in [-0.4, -0.2) is 74.9 Å². The van der Waals surface area contributed by atoms with Gasteiger partial charge in [-0.3, -0.25) is 19.2 Å². The summed E-state index contributed by atoms with van der Waals surface area (Å²) in [6, 6.07) is 0.710. The molecular formula is C22H32N4O8S. The molecule has 194 valence electrons. The molecule has 8 N–H and O–H groups in total. The Hall–Kier alpha value is -3.32. The number of hydrogen-bond acceptors (Lipinski definition) is 8. The average molecular weight is 513 g/mol. The van der Waals surface area contributed by atoms with Crippen molar-refractivity contribution in [1.29, 1.82) is 0 Å². The maximum absolute atomic E-state index is 13.1. The molecule has 0 aliphatic heterocycles. The van der Waals surface area contributed by atoms with Gasteiger partial charge >= 0.3 is 11.9 Å². The van der Waals surface area contributed by atoms with Crippen molar-refractivity contribution in [3.05, 3.63) is 29.8 Å². The number of benzene rings is 1. The van der Waals surface area contributed by atoms with E-state index in [1.807, 2.05) is 0 Å². The number of amides is 3. The highest BCUT2D eigenvalue weighted by Crippen LogP contribution is 2.13. The zero-order valence-electron chi connectivity index (χ0n) is 19.4. The van der Waals surface area contributed by atoms with Gasteiger partial charge in [-0.15, -0.1) is 0 Å². The molecule has 0 fully saturated rings. The van der Waals surface area contributed by atoms with Crippen LogP contribution in [0.1, 0.15) is 32.3 Å². The highest BCUT2D eigenvalue weighted by atomic mass is 32.1. The standard InChI is InChI=1S/C22H32N4O8S/c1-3-11(2)18(26-19(30)14(23)10-35)21(32)24-15(8-12-4-6-13(27)7-5-12)20(31)25-16(22(33)34)9-17(28)29/h4-7,11,14-16,18,27,35H,3,8-10,23H2,1-2H3,(H,24,32)(H,25,31)(H,26,30)(H,28,29)(H,33,34). The number of aliphatic carboxylic acids is 2. The predicted octanol–water partition coefficient (Wildman–Crippen LogP) is -0.748. The first-order chi connectivity index (χ1) is 16.4. The number of rotatable bonds is 14. The second-order valence-electron chi connectivity index (χ2n) is 8.09. The van der Waals surface area contributed by atoms with Gasteiger partial charge in [0.15, 0.2) is 0 Å². The lowest BCUT2D eigenvalue weighted by Crippen LogP contribution is -2.59. The largest absolute Gasteiger partial charge is 0.508 e. The van der Waals surface area contributed by atoms with Crippen LogP contribution >= 0.6 is 12.6 Å². The van der Waals surface area contributed by atoms with E-state index >= 15 is 0 Å². The van der Waals surface area contributed by atoms with Crippen molar-refractivity contribution in [2.75, 3.05) is 5.75 Å². The van der Waals surface area contributed by atoms with E-state index in [2.05, 4.69) is 28.6 Å². The predicted molar refractivity (Wildman–Crippen MR) is 129 cm³/mol. The number of aromatic hydroxyl groups is 1. The second-order valence-corrected chi connectivity index (χ2v) is 8.46. The van der Waals surface area contributed by atoms with E-state index in [4.69, 9.17) is 10.8 Å². The van der Waals surface area contributed by atoms with E-state index in [-0.39, 0.29) is 23.8 Å². The first-order valence-corrected chi connectivity index (χ1v) is 11.5. The molecule has 35 heavy (non-hydrogen) atoms. The van der Waals surface area contributed by atoms with Crippen molar-refractivity contribution in [1.82, 2.24) is 16.0 Å². The van der Waals surface area contributed by atoms with Crippen molar-refractivity contribution >= 4 is 42.3 Å². The number of hydrogen-bond donors (Lipinski definition) is 8. The monoisotopic (exact) mass is 512 g/mol. The Morgan fingerprint density at radius 1 is 0.943 bits per heavy atom. The Kier molecular flexibility index (Phi) is 12.0. The van der Waals surface area contributed by atoms with Crippen LogP contribution in [0.3, 0.4) is 0 Å². The Balaban J connectivity index is 3.19. The number of nitrogens with one attached hydrogen (secondary N) is 3. The van der Waals surface area contributed by atoms with Gasteiger partial charge < -0.3 is 37.0 Å². The van der Waals surface area contributed by atoms with Crippen LogP contribution in [0.4, 0.5) is 0 Å². The fourth-order valence-corrected chi connectivity index (χ4v) is 3.20. The summed E-state index contributed by atoms with van der Waals surface area (Å²) < 4.78 is 0. The Morgan fingerprint density at radius 3 is 2.00 bits per heavy atom. The number of carboxylic acid groups (broad SMARTS) is 2. The van der Waals surface area contributed by atoms with Crippen molar-refractivity contribution in [3.63, 3.8) is 0 Å². The zero-order chi connectivity index (χ0) is 26.7. The minimum Gasteiger partial charge on any atom is -0.508 e. The molecule has 0 aliphatic rings. The third-order valence-electron chi connectivity index (χ3n) is 5.33. The molecule has 0 heterocycles. The van der Waals surface area contributed by atoms with Crippen molar-refractivity contribution in [3.8, 4) is 5.75 Å². The number of carbonyl (C=O) groups excluding carboxylic acids is 3. The van der Waals surface area contributed by atoms with Gasteiger partial charge in [0.1, 0.15) is 23.9 Å². The Bertz CT molecular complexity index is 911. The van der Waals surface area contributed by atoms with Gasteiger partial charge in [0, 0.05) is 12.2 Å². The van der Waals surface area contributed by atoms with Crippen molar-refractivity contribution in [2.45, 2.75) is 57.3 Å². The highest BCUT2D eigenvalue weighted by Gasteiger charge is 2.33. The summed E-state index contributed by atoms with van der Waals surface area (Å²) in [4.78, 5) is 60.7. The molecule has 0 bridgehead atoms. The third kappa shape index (κ3) is 9.83. The number of carbonyl (C=O) groups is 5. The highest BCUT2D eigenvalue weighted by molar-refractivity contribution is 7.80. The lowest BCUT2D eigenvalue weighted by atomic mass is 9.96. The number of carboxylic acids is 2. The summed E-state index contributed by atoms with van der Waals surface area (Å²) in [5.41, 5.74) is 6.21. The van der Waals surface area contributed by atoms with Gasteiger partial charge in [0.05, 0.1) is 12.5 Å². The minimum atomic E-state index is -1.72. The first kappa shape index (κ1) is 29.7. The van der Waals surface area contributed by atoms with E-state index in [1.54, 1.807) is 13.8 Å². The molecule has 12 nitrogen and oxygen atoms in total. The van der Waals surface area contributed by atoms with Crippen LogP contribution in [0.5, 0.6) is 5.75 Å². The maximum atomic E-state index is 13.1. The molecule has 0 radical (unpaired) electrons. The topological polar surface area (TPSA) is 208 Å². The summed E-state index contributed by atoms with van der Waals surface area (Å²) in [5.74, 6) is -5.55. The summed E-state index contributed by atoms with van der Waals surface area (Å²) in [6.45, 7) is 3.53. The Morgan fingerprint density at radius 2 is 1.51 bits per heavy atom. The van der Waals surface area contributed by atoms with E-state index in [9.17, 15) is 34.2 Å². The molecule has 1 aromatic carbocycles. The van der Waals surface area contributed by atoms with Crippen molar-refractivity contribution < 1.29 is 39.3 Å². The minimum absolute atomic E-state index is 0.0220. The van der Waals surface area contributed by atoms with Crippen molar-refractivity contribution in [2.24, 2.45) is 11.7 Å². The number of nitrogens with two attached hydrogens (primary N) is 1. The lowest BCUT2D eigenvalue weighted by molar-refractivity contribution is -0.147. The van der Waals surface area contributed by atoms with Gasteiger partial charge in [-0.25, -0.2) is 4.79 Å². The SMILES string of the molecule is CCC(C)C(NC(=O)C(N)CS)C(=O)NC(Cc1ccc(O)cc1)C(=O)NC(CC(=O)O)C(=O)O. The normalized spacial score (nSPS) is 15.1. The molecule has 5 atom stereocenters. The molecular weight excluding hydrogens is 480 g/mol. The maximum Gasteiger partial charge on any atom is 0.326 e. The average Bonchev–Trinajstić information content (AvgIpc) is 2.81. The van der Waals surface area contributed by atoms with E-state index in [1.165, 1.54) is 24.3 Å². The summed E-state index contributed by atoms with van der Waals surface area (Å²) >= 11 is 3.97. The van der Waals surface area contributed by atoms with Gasteiger partial charge in [-0.1, -0.05) is 32.4 Å². The first-order valence-electron chi connectivity index (χ1n) is 10.9. The van der Waals surface area contributed by atoms with Gasteiger partial charge in [0.25, 0.3) is 0 Å². The molecule has 0 saturated carbocycles. The molecule has 1 aromatic rings. The van der Waals surface area contributed by atoms with Crippen LogP contribution in [0.15, 0.2) is 24.3 Å². The fourth-order valence-electron chi connectivity index (χ4n) is 3.03. The molecule has 0 aliphatic carbocycles. The fraction of sp³-hybridized carbons (Fsp3) is 0.500. The molecule has 0 saturated heterocycles. The third-order valence-corrected chi connectivity index (χ3v) is 5.72. The second kappa shape index (κ2) is 14.2. The number of phenolic OH excluding ortho intramolecular Hbond substituents is 1. The molecule has 0 spiro atoms. The van der Waals surface area contributed by atoms with E-state index in [0.717, 1.165) is 0 Å². The summed E-state index contributed by atoms with van der Waals surface area (Å²) in [7, 11) is 0. The Labute approximate surface area is 208 Å². The lowest BCUT2D eigenvalue weighted by Gasteiger charge is -2.28.